The highest BCUT2D eigenvalue weighted by Crippen LogP contribution is 2.39. The van der Waals surface area contributed by atoms with E-state index in [0.29, 0.717) is 0 Å². The Morgan fingerprint density at radius 1 is 0.795 bits per heavy atom. The molecular weight excluding hydrogens is 480 g/mol. The van der Waals surface area contributed by atoms with Gasteiger partial charge in [-0.15, -0.1) is 0 Å². The molecule has 0 fully saturated rings. The van der Waals surface area contributed by atoms with Gasteiger partial charge in [0.05, 0.1) is 17.4 Å². The van der Waals surface area contributed by atoms with Crippen LogP contribution in [-0.4, -0.2) is 30.1 Å². The molecule has 0 bridgehead atoms. The van der Waals surface area contributed by atoms with Crippen molar-refractivity contribution in [3.05, 3.63) is 83.8 Å². The molecule has 8 rings (SSSR count). The Balaban J connectivity index is 1.29. The van der Waals surface area contributed by atoms with Gasteiger partial charge in [-0.2, -0.15) is 5.10 Å². The first kappa shape index (κ1) is 22.4. The zero-order chi connectivity index (χ0) is 26.2. The minimum absolute atomic E-state index is 0.265. The number of H-pyrrole nitrogens is 2. The third-order valence-electron chi connectivity index (χ3n) is 8.29. The molecule has 0 radical (unpaired) electrons. The predicted octanol–water partition coefficient (Wildman–Crippen LogP) is 7.65. The topological polar surface area (TPSA) is 83.1 Å². The van der Waals surface area contributed by atoms with E-state index in [0.717, 1.165) is 69.2 Å². The van der Waals surface area contributed by atoms with E-state index in [4.69, 9.17) is 15.0 Å². The van der Waals surface area contributed by atoms with Crippen molar-refractivity contribution in [3.63, 3.8) is 0 Å². The molecule has 0 aliphatic heterocycles. The second kappa shape index (κ2) is 8.21. The van der Waals surface area contributed by atoms with Gasteiger partial charge in [0.1, 0.15) is 17.2 Å². The molecule has 6 heteroatoms. The van der Waals surface area contributed by atoms with Gasteiger partial charge < -0.3 is 4.98 Å². The Morgan fingerprint density at radius 2 is 1.59 bits per heavy atom. The second-order valence-corrected chi connectivity index (χ2v) is 10.9. The maximum Gasteiger partial charge on any atom is 0.132 e. The van der Waals surface area contributed by atoms with Gasteiger partial charge in [0.15, 0.2) is 0 Å². The van der Waals surface area contributed by atoms with Crippen LogP contribution in [0.25, 0.3) is 65.7 Å². The summed E-state index contributed by atoms with van der Waals surface area (Å²) in [7, 11) is 0. The lowest BCUT2D eigenvalue weighted by Crippen LogP contribution is -2.04. The first-order valence-corrected chi connectivity index (χ1v) is 13.8. The summed E-state index contributed by atoms with van der Waals surface area (Å²) < 4.78 is 0. The smallest absolute Gasteiger partial charge is 0.132 e. The average molecular weight is 509 g/mol. The molecule has 7 aromatic rings. The van der Waals surface area contributed by atoms with E-state index in [1.807, 2.05) is 12.4 Å². The Kier molecular flexibility index (Phi) is 4.72. The fourth-order valence-electron chi connectivity index (χ4n) is 6.26. The van der Waals surface area contributed by atoms with Crippen molar-refractivity contribution < 1.29 is 0 Å². The van der Waals surface area contributed by atoms with Crippen LogP contribution in [0.4, 0.5) is 0 Å². The maximum absolute atomic E-state index is 4.94. The highest BCUT2D eigenvalue weighted by Gasteiger charge is 2.22. The van der Waals surface area contributed by atoms with Crippen LogP contribution in [0.15, 0.2) is 60.9 Å². The number of rotatable bonds is 3. The number of hydrogen-bond acceptors (Lipinski definition) is 4. The van der Waals surface area contributed by atoms with Crippen LogP contribution in [0.1, 0.15) is 49.6 Å². The van der Waals surface area contributed by atoms with Crippen molar-refractivity contribution >= 4 is 43.4 Å². The number of nitrogens with zero attached hydrogens (tertiary/aromatic N) is 4. The number of aromatic amines is 2. The molecule has 6 nitrogen and oxygen atoms in total. The average Bonchev–Trinajstić information content (AvgIpc) is 3.62. The van der Waals surface area contributed by atoms with E-state index >= 15 is 0 Å². The van der Waals surface area contributed by atoms with Crippen molar-refractivity contribution in [2.45, 2.75) is 46.0 Å². The summed E-state index contributed by atoms with van der Waals surface area (Å²) >= 11 is 0. The van der Waals surface area contributed by atoms with Gasteiger partial charge in [-0.3, -0.25) is 5.10 Å². The molecule has 1 aliphatic carbocycles. The van der Waals surface area contributed by atoms with E-state index in [2.05, 4.69) is 84.5 Å². The van der Waals surface area contributed by atoms with Gasteiger partial charge in [0.2, 0.25) is 0 Å². The molecular formula is C33H28N6. The maximum atomic E-state index is 4.94. The molecule has 3 aromatic heterocycles. The summed E-state index contributed by atoms with van der Waals surface area (Å²) in [5.41, 5.74) is 9.36. The summed E-state index contributed by atoms with van der Waals surface area (Å²) in [5, 5.41) is 14.3. The molecule has 1 aliphatic rings. The zero-order valence-corrected chi connectivity index (χ0v) is 22.3. The first-order valence-electron chi connectivity index (χ1n) is 13.8. The van der Waals surface area contributed by atoms with Crippen molar-refractivity contribution in [1.29, 1.82) is 0 Å². The Morgan fingerprint density at radius 3 is 2.41 bits per heavy atom. The molecule has 0 spiro atoms. The second-order valence-electron chi connectivity index (χ2n) is 10.9. The highest BCUT2D eigenvalue weighted by molar-refractivity contribution is 6.23. The lowest BCUT2D eigenvalue weighted by molar-refractivity contribution is 0.799. The molecule has 0 amide bonds. The van der Waals surface area contributed by atoms with Gasteiger partial charge in [0.25, 0.3) is 0 Å². The number of aryl methyl sites for hydroxylation is 3. The van der Waals surface area contributed by atoms with Crippen LogP contribution in [0.5, 0.6) is 0 Å². The Labute approximate surface area is 225 Å². The molecule has 2 N–H and O–H groups in total. The van der Waals surface area contributed by atoms with Gasteiger partial charge in [-0.25, -0.2) is 15.0 Å². The number of fused-ring (bicyclic) bond motifs is 11. The van der Waals surface area contributed by atoms with Crippen molar-refractivity contribution in [3.8, 4) is 22.4 Å². The minimum atomic E-state index is 0.265. The van der Waals surface area contributed by atoms with Gasteiger partial charge in [-0.05, 0) is 57.8 Å². The lowest BCUT2D eigenvalue weighted by atomic mass is 9.87. The largest absolute Gasteiger partial charge is 0.345 e. The molecule has 3 heterocycles. The highest BCUT2D eigenvalue weighted by atomic mass is 15.1. The molecule has 39 heavy (non-hydrogen) atoms. The van der Waals surface area contributed by atoms with Crippen LogP contribution in [0.3, 0.4) is 0 Å². The number of imidazole rings is 2. The quantitative estimate of drug-likeness (QED) is 0.240. The third-order valence-corrected chi connectivity index (χ3v) is 8.29. The normalized spacial score (nSPS) is 13.1. The molecule has 190 valence electrons. The molecule has 0 saturated heterocycles. The molecule has 4 aromatic carbocycles. The molecule has 0 atom stereocenters. The van der Waals surface area contributed by atoms with Crippen molar-refractivity contribution in [2.75, 3.05) is 0 Å². The minimum Gasteiger partial charge on any atom is -0.345 e. The van der Waals surface area contributed by atoms with Crippen LogP contribution >= 0.6 is 0 Å². The first-order chi connectivity index (χ1) is 19.1. The third kappa shape index (κ3) is 3.27. The van der Waals surface area contributed by atoms with E-state index in [1.54, 1.807) is 0 Å². The number of hydrogen-bond donors (Lipinski definition) is 2. The van der Waals surface area contributed by atoms with Gasteiger partial charge in [0, 0.05) is 46.0 Å². The van der Waals surface area contributed by atoms with Crippen LogP contribution in [0.2, 0.25) is 0 Å². The standard InChI is InChI=1S/C33H28N6/c1-4-29-36-28-12-11-22-21-8-5-18(13-20(21)7-10-23(22)30(28)37-29)19-6-9-24-25(14-19)26-15-34-35-16-27(26)32-31(24)38-33(39-32)17(2)3/h5-10,13-17,34H,4,11-12H2,1-3H3,(H,36,37). The number of benzene rings is 4. The van der Waals surface area contributed by atoms with Crippen molar-refractivity contribution in [1.82, 2.24) is 30.1 Å². The Bertz CT molecular complexity index is 2100. The molecule has 0 unspecified atom stereocenters. The van der Waals surface area contributed by atoms with Crippen LogP contribution < -0.4 is 0 Å². The van der Waals surface area contributed by atoms with Crippen molar-refractivity contribution in [2.24, 2.45) is 0 Å². The molecule has 0 saturated carbocycles. The van der Waals surface area contributed by atoms with Crippen LogP contribution in [0, 0.1) is 0 Å². The van der Waals surface area contributed by atoms with E-state index < -0.39 is 0 Å². The Hall–Kier alpha value is -4.58. The SMILES string of the molecule is CCc1nc2c([nH]1)CCc1c-2ccc2cc(-c3ccc4c(c3)c3c[nH]ncc3c3nc(C(C)C)nc43)ccc12. The number of nitrogens with one attached hydrogen (secondary N) is 2. The summed E-state index contributed by atoms with van der Waals surface area (Å²) in [4.78, 5) is 18.2. The zero-order valence-electron chi connectivity index (χ0n) is 22.3. The lowest BCUT2D eigenvalue weighted by Gasteiger charge is -2.18. The summed E-state index contributed by atoms with van der Waals surface area (Å²) in [6.07, 6.45) is 6.82. The summed E-state index contributed by atoms with van der Waals surface area (Å²) in [6, 6.07) is 18.1. The predicted molar refractivity (Wildman–Crippen MR) is 158 cm³/mol. The summed E-state index contributed by atoms with van der Waals surface area (Å²) in [6.45, 7) is 6.42. The summed E-state index contributed by atoms with van der Waals surface area (Å²) in [5.74, 6) is 2.22. The fourth-order valence-corrected chi connectivity index (χ4v) is 6.26. The van der Waals surface area contributed by atoms with Gasteiger partial charge >= 0.3 is 0 Å². The fraction of sp³-hybridized carbons (Fsp3) is 0.212. The van der Waals surface area contributed by atoms with Gasteiger partial charge in [-0.1, -0.05) is 57.2 Å². The number of aromatic nitrogens is 6. The van der Waals surface area contributed by atoms with E-state index in [1.165, 1.54) is 38.7 Å². The van der Waals surface area contributed by atoms with E-state index in [9.17, 15) is 0 Å². The van der Waals surface area contributed by atoms with E-state index in [-0.39, 0.29) is 5.92 Å². The van der Waals surface area contributed by atoms with Crippen LogP contribution in [-0.2, 0) is 19.3 Å². The monoisotopic (exact) mass is 508 g/mol.